The van der Waals surface area contributed by atoms with Crippen molar-refractivity contribution >= 4 is 28.9 Å². The minimum Gasteiger partial charge on any atom is -0.374 e. The van der Waals surface area contributed by atoms with Crippen LogP contribution in [-0.4, -0.2) is 24.4 Å². The number of nitriles is 1. The standard InChI is InChI=1S/C21H22N4O2/c1-14-12-17(9-10-19(14)25-11-5-8-20(25)26)23-15(2)21(27)24-18-7-4-3-6-16(18)13-22/h3-4,6-7,9-10,12,15,23H,5,8,11H2,1-2H3,(H,24,27)/t15-/m1/s1. The van der Waals surface area contributed by atoms with Gasteiger partial charge in [-0.2, -0.15) is 5.26 Å². The van der Waals surface area contributed by atoms with Gasteiger partial charge in [0, 0.05) is 24.3 Å². The number of anilines is 3. The van der Waals surface area contributed by atoms with E-state index in [0.29, 0.717) is 17.7 Å². The number of rotatable bonds is 5. The summed E-state index contributed by atoms with van der Waals surface area (Å²) in [6.07, 6.45) is 1.49. The molecule has 0 unspecified atom stereocenters. The lowest BCUT2D eigenvalue weighted by Crippen LogP contribution is -2.32. The summed E-state index contributed by atoms with van der Waals surface area (Å²) < 4.78 is 0. The Bertz CT molecular complexity index is 917. The Labute approximate surface area is 158 Å². The van der Waals surface area contributed by atoms with E-state index in [2.05, 4.69) is 16.7 Å². The van der Waals surface area contributed by atoms with Crippen LogP contribution in [0.3, 0.4) is 0 Å². The zero-order valence-electron chi connectivity index (χ0n) is 15.5. The first-order chi connectivity index (χ1) is 13.0. The highest BCUT2D eigenvalue weighted by molar-refractivity contribution is 5.98. The Balaban J connectivity index is 1.67. The van der Waals surface area contributed by atoms with Crippen molar-refractivity contribution in [2.24, 2.45) is 0 Å². The van der Waals surface area contributed by atoms with Gasteiger partial charge in [-0.1, -0.05) is 12.1 Å². The maximum Gasteiger partial charge on any atom is 0.246 e. The zero-order valence-corrected chi connectivity index (χ0v) is 15.5. The third-order valence-electron chi connectivity index (χ3n) is 4.64. The van der Waals surface area contributed by atoms with Crippen molar-refractivity contribution in [3.8, 4) is 6.07 Å². The molecule has 6 heteroatoms. The lowest BCUT2D eigenvalue weighted by Gasteiger charge is -2.20. The normalized spacial score (nSPS) is 14.6. The number of nitrogens with one attached hydrogen (secondary N) is 2. The molecule has 2 amide bonds. The number of benzene rings is 2. The van der Waals surface area contributed by atoms with Gasteiger partial charge < -0.3 is 15.5 Å². The van der Waals surface area contributed by atoms with E-state index in [1.807, 2.05) is 30.0 Å². The van der Waals surface area contributed by atoms with Crippen LogP contribution >= 0.6 is 0 Å². The van der Waals surface area contributed by atoms with Crippen molar-refractivity contribution in [3.63, 3.8) is 0 Å². The van der Waals surface area contributed by atoms with Crippen LogP contribution < -0.4 is 15.5 Å². The van der Waals surface area contributed by atoms with E-state index in [0.717, 1.165) is 29.9 Å². The van der Waals surface area contributed by atoms with Crippen LogP contribution in [0.4, 0.5) is 17.1 Å². The van der Waals surface area contributed by atoms with Gasteiger partial charge in [-0.05, 0) is 56.2 Å². The van der Waals surface area contributed by atoms with Gasteiger partial charge >= 0.3 is 0 Å². The van der Waals surface area contributed by atoms with Crippen molar-refractivity contribution < 1.29 is 9.59 Å². The smallest absolute Gasteiger partial charge is 0.246 e. The summed E-state index contributed by atoms with van der Waals surface area (Å²) in [5, 5.41) is 15.1. The molecule has 0 aliphatic carbocycles. The van der Waals surface area contributed by atoms with E-state index in [-0.39, 0.29) is 11.8 Å². The largest absolute Gasteiger partial charge is 0.374 e. The second kappa shape index (κ2) is 7.92. The highest BCUT2D eigenvalue weighted by Gasteiger charge is 2.23. The first kappa shape index (κ1) is 18.5. The highest BCUT2D eigenvalue weighted by atomic mass is 16.2. The molecule has 0 spiro atoms. The lowest BCUT2D eigenvalue weighted by molar-refractivity contribution is -0.117. The predicted octanol–water partition coefficient (Wildman–Crippen LogP) is 3.43. The minimum absolute atomic E-state index is 0.155. The maximum atomic E-state index is 12.5. The van der Waals surface area contributed by atoms with Gasteiger partial charge in [-0.25, -0.2) is 0 Å². The molecule has 0 bridgehead atoms. The van der Waals surface area contributed by atoms with E-state index in [9.17, 15) is 9.59 Å². The molecule has 6 nitrogen and oxygen atoms in total. The van der Waals surface area contributed by atoms with Crippen LogP contribution in [0.5, 0.6) is 0 Å². The van der Waals surface area contributed by atoms with E-state index >= 15 is 0 Å². The molecule has 3 rings (SSSR count). The Morgan fingerprint density at radius 3 is 2.70 bits per heavy atom. The number of aryl methyl sites for hydroxylation is 1. The Morgan fingerprint density at radius 2 is 2.04 bits per heavy atom. The van der Waals surface area contributed by atoms with E-state index in [1.54, 1.807) is 31.2 Å². The monoisotopic (exact) mass is 362 g/mol. The quantitative estimate of drug-likeness (QED) is 0.853. The zero-order chi connectivity index (χ0) is 19.4. The molecule has 1 aliphatic heterocycles. The van der Waals surface area contributed by atoms with Crippen LogP contribution in [-0.2, 0) is 9.59 Å². The molecule has 1 saturated heterocycles. The van der Waals surface area contributed by atoms with Crippen molar-refractivity contribution in [1.82, 2.24) is 0 Å². The predicted molar refractivity (Wildman–Crippen MR) is 106 cm³/mol. The molecule has 1 aliphatic rings. The molecule has 1 atom stereocenters. The molecule has 0 radical (unpaired) electrons. The van der Waals surface area contributed by atoms with Gasteiger partial charge in [-0.15, -0.1) is 0 Å². The summed E-state index contributed by atoms with van der Waals surface area (Å²) in [5.74, 6) is -0.0723. The van der Waals surface area contributed by atoms with Gasteiger partial charge in [0.05, 0.1) is 11.3 Å². The molecule has 2 aromatic rings. The number of carbonyl (C=O) groups is 2. The molecule has 0 aromatic heterocycles. The molecule has 138 valence electrons. The molecule has 2 aromatic carbocycles. The third-order valence-corrected chi connectivity index (χ3v) is 4.64. The SMILES string of the molecule is Cc1cc(N[C@H](C)C(=O)Nc2ccccc2C#N)ccc1N1CCCC1=O. The molecule has 27 heavy (non-hydrogen) atoms. The van der Waals surface area contributed by atoms with Crippen molar-refractivity contribution in [2.45, 2.75) is 32.7 Å². The summed E-state index contributed by atoms with van der Waals surface area (Å²) in [6.45, 7) is 4.47. The van der Waals surface area contributed by atoms with Crippen LogP contribution in [0.2, 0.25) is 0 Å². The lowest BCUT2D eigenvalue weighted by atomic mass is 10.1. The third kappa shape index (κ3) is 4.09. The van der Waals surface area contributed by atoms with Crippen LogP contribution in [0.15, 0.2) is 42.5 Å². The topological polar surface area (TPSA) is 85.2 Å². The fourth-order valence-electron chi connectivity index (χ4n) is 3.20. The number of para-hydroxylation sites is 1. The Kier molecular flexibility index (Phi) is 5.41. The number of hydrogen-bond donors (Lipinski definition) is 2. The molecule has 1 fully saturated rings. The van der Waals surface area contributed by atoms with Gasteiger partial charge in [-0.3, -0.25) is 9.59 Å². The fraction of sp³-hybridized carbons (Fsp3) is 0.286. The first-order valence-corrected chi connectivity index (χ1v) is 8.97. The average molecular weight is 362 g/mol. The Hall–Kier alpha value is -3.33. The van der Waals surface area contributed by atoms with E-state index in [4.69, 9.17) is 5.26 Å². The number of hydrogen-bond acceptors (Lipinski definition) is 4. The van der Waals surface area contributed by atoms with Crippen LogP contribution in [0, 0.1) is 18.3 Å². The number of carbonyl (C=O) groups excluding carboxylic acids is 2. The number of amides is 2. The van der Waals surface area contributed by atoms with Gasteiger partial charge in [0.1, 0.15) is 12.1 Å². The van der Waals surface area contributed by atoms with Crippen LogP contribution in [0.1, 0.15) is 30.9 Å². The summed E-state index contributed by atoms with van der Waals surface area (Å²) in [7, 11) is 0. The summed E-state index contributed by atoms with van der Waals surface area (Å²) in [4.78, 5) is 26.2. The van der Waals surface area contributed by atoms with Gasteiger partial charge in [0.15, 0.2) is 0 Å². The molecule has 2 N–H and O–H groups in total. The molecule has 0 saturated carbocycles. The van der Waals surface area contributed by atoms with Crippen molar-refractivity contribution in [2.75, 3.05) is 22.1 Å². The van der Waals surface area contributed by atoms with Crippen molar-refractivity contribution in [1.29, 1.82) is 5.26 Å². The second-order valence-corrected chi connectivity index (χ2v) is 6.66. The Morgan fingerprint density at radius 1 is 1.26 bits per heavy atom. The van der Waals surface area contributed by atoms with Gasteiger partial charge in [0.2, 0.25) is 11.8 Å². The van der Waals surface area contributed by atoms with Crippen LogP contribution in [0.25, 0.3) is 0 Å². The number of nitrogens with zero attached hydrogens (tertiary/aromatic N) is 2. The minimum atomic E-state index is -0.490. The first-order valence-electron chi connectivity index (χ1n) is 8.97. The van der Waals surface area contributed by atoms with E-state index in [1.165, 1.54) is 0 Å². The molecular formula is C21H22N4O2. The fourth-order valence-corrected chi connectivity index (χ4v) is 3.20. The summed E-state index contributed by atoms with van der Waals surface area (Å²) in [6, 6.07) is 14.2. The average Bonchev–Trinajstić information content (AvgIpc) is 3.08. The maximum absolute atomic E-state index is 12.5. The molecular weight excluding hydrogens is 340 g/mol. The van der Waals surface area contributed by atoms with E-state index < -0.39 is 6.04 Å². The van der Waals surface area contributed by atoms with Gasteiger partial charge in [0.25, 0.3) is 0 Å². The summed E-state index contributed by atoms with van der Waals surface area (Å²) >= 11 is 0. The summed E-state index contributed by atoms with van der Waals surface area (Å²) in [5.41, 5.74) is 3.63. The molecule has 1 heterocycles. The van der Waals surface area contributed by atoms with Crippen molar-refractivity contribution in [3.05, 3.63) is 53.6 Å². The highest BCUT2D eigenvalue weighted by Crippen LogP contribution is 2.27. The second-order valence-electron chi connectivity index (χ2n) is 6.66.